The van der Waals surface area contributed by atoms with Crippen molar-refractivity contribution >= 4 is 6.21 Å². The first-order chi connectivity index (χ1) is 16.6. The Morgan fingerprint density at radius 2 is 1.62 bits per heavy atom. The van der Waals surface area contributed by atoms with Crippen LogP contribution in [-0.2, 0) is 36.9 Å². The van der Waals surface area contributed by atoms with Gasteiger partial charge in [-0.1, -0.05) is 60.7 Å². The van der Waals surface area contributed by atoms with Gasteiger partial charge in [0, 0.05) is 13.1 Å². The molecule has 5 rings (SSSR count). The molecule has 3 aliphatic rings. The lowest BCUT2D eigenvalue weighted by Crippen LogP contribution is -2.44. The van der Waals surface area contributed by atoms with E-state index in [4.69, 9.17) is 28.8 Å². The molecule has 0 unspecified atom stereocenters. The Bertz CT molecular complexity index is 933. The van der Waals surface area contributed by atoms with Gasteiger partial charge in [-0.2, -0.15) is 5.10 Å². The van der Waals surface area contributed by atoms with E-state index >= 15 is 0 Å². The van der Waals surface area contributed by atoms with E-state index in [9.17, 15) is 0 Å². The van der Waals surface area contributed by atoms with Gasteiger partial charge < -0.3 is 23.7 Å². The van der Waals surface area contributed by atoms with Crippen molar-refractivity contribution in [1.82, 2.24) is 5.01 Å². The number of hydrogen-bond acceptors (Lipinski definition) is 7. The highest BCUT2D eigenvalue weighted by Crippen LogP contribution is 2.40. The van der Waals surface area contributed by atoms with E-state index in [1.807, 2.05) is 56.5 Å². The Morgan fingerprint density at radius 1 is 0.971 bits per heavy atom. The van der Waals surface area contributed by atoms with E-state index in [1.165, 1.54) is 0 Å². The summed E-state index contributed by atoms with van der Waals surface area (Å²) in [5.74, 6) is -0.724. The van der Waals surface area contributed by atoms with Crippen LogP contribution in [0.3, 0.4) is 0 Å². The first kappa shape index (κ1) is 23.5. The largest absolute Gasteiger partial charge is 0.368 e. The molecule has 7 nitrogen and oxygen atoms in total. The molecular weight excluding hydrogens is 432 g/mol. The fourth-order valence-electron chi connectivity index (χ4n) is 4.69. The number of hydrogen-bond donors (Lipinski definition) is 0. The highest BCUT2D eigenvalue weighted by molar-refractivity contribution is 5.64. The Hall–Kier alpha value is -2.29. The molecule has 0 aromatic heterocycles. The summed E-state index contributed by atoms with van der Waals surface area (Å²) in [7, 11) is 0. The molecule has 3 saturated heterocycles. The Kier molecular flexibility index (Phi) is 7.27. The van der Waals surface area contributed by atoms with E-state index < -0.39 is 24.3 Å². The van der Waals surface area contributed by atoms with Gasteiger partial charge >= 0.3 is 0 Å². The van der Waals surface area contributed by atoms with Crippen molar-refractivity contribution in [2.75, 3.05) is 13.1 Å². The van der Waals surface area contributed by atoms with Crippen LogP contribution in [0.15, 0.2) is 65.8 Å². The van der Waals surface area contributed by atoms with Crippen LogP contribution in [0.4, 0.5) is 0 Å². The summed E-state index contributed by atoms with van der Waals surface area (Å²) < 4.78 is 31.4. The number of nitrogens with zero attached hydrogens (tertiary/aromatic N) is 2. The van der Waals surface area contributed by atoms with Gasteiger partial charge in [0.05, 0.1) is 19.4 Å². The summed E-state index contributed by atoms with van der Waals surface area (Å²) in [6, 6.07) is 20.3. The van der Waals surface area contributed by atoms with Crippen LogP contribution in [0.2, 0.25) is 0 Å². The van der Waals surface area contributed by atoms with Crippen molar-refractivity contribution in [1.29, 1.82) is 0 Å². The molecule has 34 heavy (non-hydrogen) atoms. The summed E-state index contributed by atoms with van der Waals surface area (Å²) in [6.45, 7) is 6.63. The number of benzene rings is 2. The molecule has 0 saturated carbocycles. The van der Waals surface area contributed by atoms with Crippen molar-refractivity contribution < 1.29 is 23.7 Å². The number of rotatable bonds is 9. The maximum absolute atomic E-state index is 6.43. The highest BCUT2D eigenvalue weighted by atomic mass is 16.8. The monoisotopic (exact) mass is 466 g/mol. The SMILES string of the molecule is CC1(C)O[C@H]2O[C@H]([C@@H](/C=N/N3CCCC3)OCc3ccccc3)[C@H](OCc3ccccc3)[C@H]2O1. The van der Waals surface area contributed by atoms with Gasteiger partial charge in [-0.3, -0.25) is 5.01 Å². The molecule has 0 bridgehead atoms. The number of fused-ring (bicyclic) bond motifs is 1. The second-order valence-electron chi connectivity index (χ2n) is 9.52. The zero-order chi connectivity index (χ0) is 23.4. The van der Waals surface area contributed by atoms with Crippen molar-refractivity contribution in [2.24, 2.45) is 5.10 Å². The van der Waals surface area contributed by atoms with Crippen LogP contribution in [0.5, 0.6) is 0 Å². The van der Waals surface area contributed by atoms with Gasteiger partial charge in [-0.25, -0.2) is 0 Å². The van der Waals surface area contributed by atoms with Gasteiger partial charge in [0.1, 0.15) is 24.4 Å². The highest BCUT2D eigenvalue weighted by Gasteiger charge is 2.57. The molecule has 0 aliphatic carbocycles. The fourth-order valence-corrected chi connectivity index (χ4v) is 4.69. The van der Waals surface area contributed by atoms with E-state index in [2.05, 4.69) is 29.3 Å². The summed E-state index contributed by atoms with van der Waals surface area (Å²) in [5.41, 5.74) is 2.19. The van der Waals surface area contributed by atoms with E-state index in [0.717, 1.165) is 37.1 Å². The quantitative estimate of drug-likeness (QED) is 0.518. The third-order valence-electron chi connectivity index (χ3n) is 6.38. The summed E-state index contributed by atoms with van der Waals surface area (Å²) in [5, 5.41) is 6.81. The van der Waals surface area contributed by atoms with Gasteiger partial charge in [0.15, 0.2) is 12.1 Å². The third kappa shape index (κ3) is 5.67. The minimum atomic E-state index is -0.724. The van der Waals surface area contributed by atoms with Crippen molar-refractivity contribution in [2.45, 2.75) is 76.4 Å². The molecule has 7 heteroatoms. The molecule has 2 aromatic carbocycles. The molecule has 0 spiro atoms. The molecule has 0 amide bonds. The maximum Gasteiger partial charge on any atom is 0.190 e. The average molecular weight is 467 g/mol. The summed E-state index contributed by atoms with van der Waals surface area (Å²) >= 11 is 0. The van der Waals surface area contributed by atoms with Crippen molar-refractivity contribution in [3.05, 3.63) is 71.8 Å². The smallest absolute Gasteiger partial charge is 0.190 e. The predicted octanol–water partition coefficient (Wildman–Crippen LogP) is 4.12. The third-order valence-corrected chi connectivity index (χ3v) is 6.38. The molecule has 2 aromatic rings. The van der Waals surface area contributed by atoms with Crippen molar-refractivity contribution in [3.63, 3.8) is 0 Å². The van der Waals surface area contributed by atoms with Crippen molar-refractivity contribution in [3.8, 4) is 0 Å². The average Bonchev–Trinajstić information content (AvgIpc) is 3.54. The molecule has 182 valence electrons. The van der Waals surface area contributed by atoms with Crippen LogP contribution in [-0.4, -0.2) is 60.8 Å². The van der Waals surface area contributed by atoms with E-state index in [1.54, 1.807) is 0 Å². The second-order valence-corrected chi connectivity index (χ2v) is 9.52. The first-order valence-electron chi connectivity index (χ1n) is 12.2. The Morgan fingerprint density at radius 3 is 2.29 bits per heavy atom. The first-order valence-corrected chi connectivity index (χ1v) is 12.2. The molecule has 5 atom stereocenters. The maximum atomic E-state index is 6.43. The van der Waals surface area contributed by atoms with Gasteiger partial charge in [-0.15, -0.1) is 0 Å². The topological polar surface area (TPSA) is 61.8 Å². The normalized spacial score (nSPS) is 29.1. The van der Waals surface area contributed by atoms with Gasteiger partial charge in [0.25, 0.3) is 0 Å². The van der Waals surface area contributed by atoms with Crippen LogP contribution >= 0.6 is 0 Å². The minimum Gasteiger partial charge on any atom is -0.368 e. The predicted molar refractivity (Wildman–Crippen MR) is 128 cm³/mol. The Balaban J connectivity index is 1.35. The van der Waals surface area contributed by atoms with E-state index in [-0.39, 0.29) is 12.2 Å². The molecule has 3 heterocycles. The number of ether oxygens (including phenoxy) is 5. The minimum absolute atomic E-state index is 0.341. The summed E-state index contributed by atoms with van der Waals surface area (Å²) in [4.78, 5) is 0. The molecular formula is C27H34N2O5. The van der Waals surface area contributed by atoms with Crippen LogP contribution in [0.25, 0.3) is 0 Å². The fraction of sp³-hybridized carbons (Fsp3) is 0.519. The second kappa shape index (κ2) is 10.5. The lowest BCUT2D eigenvalue weighted by molar-refractivity contribution is -0.229. The molecule has 0 radical (unpaired) electrons. The Labute approximate surface area is 201 Å². The van der Waals surface area contributed by atoms with Crippen LogP contribution in [0.1, 0.15) is 37.8 Å². The molecule has 3 fully saturated rings. The standard InChI is InChI=1S/C27H34N2O5/c1-27(2)33-25-24(31-19-21-13-7-4-8-14-21)23(32-26(25)34-27)22(17-28-29-15-9-10-16-29)30-18-20-11-5-3-6-12-20/h3-8,11-14,17,22-26H,9-10,15-16,18-19H2,1-2H3/b28-17+/t22-,23-,24+,25-,26-/m1/s1. The lowest BCUT2D eigenvalue weighted by atomic mass is 10.1. The molecule has 0 N–H and O–H groups in total. The summed E-state index contributed by atoms with van der Waals surface area (Å²) in [6.07, 6.45) is 2.15. The molecule has 3 aliphatic heterocycles. The van der Waals surface area contributed by atoms with Gasteiger partial charge in [0.2, 0.25) is 0 Å². The van der Waals surface area contributed by atoms with Gasteiger partial charge in [-0.05, 0) is 37.8 Å². The lowest BCUT2D eigenvalue weighted by Gasteiger charge is -2.29. The zero-order valence-corrected chi connectivity index (χ0v) is 19.9. The zero-order valence-electron chi connectivity index (χ0n) is 19.9. The number of hydrazone groups is 1. The van der Waals surface area contributed by atoms with Crippen LogP contribution < -0.4 is 0 Å². The van der Waals surface area contributed by atoms with E-state index in [0.29, 0.717) is 13.2 Å². The van der Waals surface area contributed by atoms with Crippen LogP contribution in [0, 0.1) is 0 Å².